The van der Waals surface area contributed by atoms with E-state index in [4.69, 9.17) is 21.3 Å². The molecule has 0 rings (SSSR count). The molecule has 11 nitrogen and oxygen atoms in total. The standard InChI is InChI=1S/C54H103ClN4O7S/c1-6-10-14-18-20-28-36-46(34-26-16-12-8-3)53(63)65-43-32-24-22-30-41-56-50(60)39-38-48(58-52(62)49(59-55)40-45-67-5)51(61)57-42-31-23-25-33-44-66-54(64)47(35-27-17-13-9-4)37-29-21-19-15-11-7-2/h46-49,59H,6-45H2,1-5H3,(H,56,60)(H,57,61)(H,58,62)/t46?,47?,48-,49-/m0/s1. The molecule has 0 aliphatic heterocycles. The van der Waals surface area contributed by atoms with Crippen molar-refractivity contribution in [2.45, 2.75) is 265 Å². The van der Waals surface area contributed by atoms with Gasteiger partial charge in [-0.25, -0.2) is 4.84 Å². The second-order valence-corrected chi connectivity index (χ2v) is 20.3. The second-order valence-electron chi connectivity index (χ2n) is 19.1. The number of esters is 2. The minimum atomic E-state index is -0.879. The molecule has 4 N–H and O–H groups in total. The highest BCUT2D eigenvalue weighted by Crippen LogP contribution is 2.22. The monoisotopic (exact) mass is 987 g/mol. The van der Waals surface area contributed by atoms with Crippen LogP contribution in [0.2, 0.25) is 0 Å². The van der Waals surface area contributed by atoms with Gasteiger partial charge < -0.3 is 25.4 Å². The van der Waals surface area contributed by atoms with Crippen molar-refractivity contribution in [2.75, 3.05) is 38.3 Å². The summed E-state index contributed by atoms with van der Waals surface area (Å²) in [5.41, 5.74) is 0. The van der Waals surface area contributed by atoms with Crippen LogP contribution in [0.5, 0.6) is 0 Å². The van der Waals surface area contributed by atoms with Crippen molar-refractivity contribution < 1.29 is 33.4 Å². The summed E-state index contributed by atoms with van der Waals surface area (Å²) in [7, 11) is 0. The van der Waals surface area contributed by atoms with E-state index in [9.17, 15) is 24.0 Å². The van der Waals surface area contributed by atoms with Crippen LogP contribution in [0, 0.1) is 11.8 Å². The maximum Gasteiger partial charge on any atom is 0.308 e. The van der Waals surface area contributed by atoms with Crippen molar-refractivity contribution in [3.05, 3.63) is 0 Å². The Morgan fingerprint density at radius 3 is 1.27 bits per heavy atom. The number of thioether (sulfide) groups is 1. The molecule has 0 aromatic carbocycles. The molecule has 0 radical (unpaired) electrons. The molecular formula is C54H103ClN4O7S. The number of carbonyl (C=O) groups excluding carboxylic acids is 5. The molecule has 3 amide bonds. The van der Waals surface area contributed by atoms with Gasteiger partial charge in [-0.05, 0) is 101 Å². The van der Waals surface area contributed by atoms with Gasteiger partial charge in [-0.2, -0.15) is 11.8 Å². The number of hydrogen-bond donors (Lipinski definition) is 4. The van der Waals surface area contributed by atoms with Crippen molar-refractivity contribution in [1.82, 2.24) is 20.8 Å². The van der Waals surface area contributed by atoms with Crippen LogP contribution >= 0.6 is 23.5 Å². The molecule has 0 aliphatic rings. The number of carbonyl (C=O) groups is 5. The van der Waals surface area contributed by atoms with Gasteiger partial charge in [0.1, 0.15) is 12.1 Å². The average molecular weight is 988 g/mol. The number of rotatable bonds is 50. The van der Waals surface area contributed by atoms with Gasteiger partial charge in [0.25, 0.3) is 0 Å². The molecule has 67 heavy (non-hydrogen) atoms. The van der Waals surface area contributed by atoms with E-state index in [0.29, 0.717) is 32.7 Å². The number of amides is 3. The third-order valence-electron chi connectivity index (χ3n) is 12.9. The molecule has 2 unspecified atom stereocenters. The molecule has 0 spiro atoms. The molecule has 394 valence electrons. The first-order valence-electron chi connectivity index (χ1n) is 27.7. The highest BCUT2D eigenvalue weighted by molar-refractivity contribution is 7.98. The van der Waals surface area contributed by atoms with Gasteiger partial charge in [0.2, 0.25) is 17.7 Å². The Kier molecular flexibility index (Phi) is 47.5. The Morgan fingerprint density at radius 1 is 0.448 bits per heavy atom. The topological polar surface area (TPSA) is 152 Å². The summed E-state index contributed by atoms with van der Waals surface area (Å²) in [5, 5.41) is 8.76. The molecule has 0 saturated carbocycles. The molecule has 4 atom stereocenters. The number of nitrogens with one attached hydrogen (secondary N) is 4. The van der Waals surface area contributed by atoms with Crippen LogP contribution in [-0.2, 0) is 33.4 Å². The van der Waals surface area contributed by atoms with Crippen LogP contribution in [0.3, 0.4) is 0 Å². The summed E-state index contributed by atoms with van der Waals surface area (Å²) in [6.07, 6.45) is 37.1. The summed E-state index contributed by atoms with van der Waals surface area (Å²) in [4.78, 5) is 67.8. The first-order chi connectivity index (χ1) is 32.7. The van der Waals surface area contributed by atoms with E-state index in [2.05, 4.69) is 48.5 Å². The molecule has 0 heterocycles. The lowest BCUT2D eigenvalue weighted by molar-refractivity contribution is -0.150. The fourth-order valence-electron chi connectivity index (χ4n) is 8.42. The van der Waals surface area contributed by atoms with Crippen LogP contribution in [0.25, 0.3) is 0 Å². The Bertz CT molecular complexity index is 1200. The minimum absolute atomic E-state index is 0.00164. The van der Waals surface area contributed by atoms with Crippen molar-refractivity contribution in [3.63, 3.8) is 0 Å². The molecule has 13 heteroatoms. The number of hydrogen-bond acceptors (Lipinski definition) is 9. The highest BCUT2D eigenvalue weighted by atomic mass is 35.5. The van der Waals surface area contributed by atoms with Gasteiger partial charge in [0.05, 0.1) is 25.0 Å². The predicted molar refractivity (Wildman–Crippen MR) is 282 cm³/mol. The van der Waals surface area contributed by atoms with Gasteiger partial charge in [-0.15, -0.1) is 0 Å². The third kappa shape index (κ3) is 39.4. The smallest absolute Gasteiger partial charge is 0.308 e. The van der Waals surface area contributed by atoms with E-state index in [0.717, 1.165) is 108 Å². The summed E-state index contributed by atoms with van der Waals surface area (Å²) < 4.78 is 11.5. The van der Waals surface area contributed by atoms with E-state index in [1.165, 1.54) is 103 Å². The lowest BCUT2D eigenvalue weighted by Gasteiger charge is -2.21. The van der Waals surface area contributed by atoms with Crippen molar-refractivity contribution >= 4 is 53.2 Å². The van der Waals surface area contributed by atoms with Crippen LogP contribution in [0.15, 0.2) is 0 Å². The molecular weight excluding hydrogens is 884 g/mol. The van der Waals surface area contributed by atoms with Gasteiger partial charge in [-0.3, -0.25) is 24.0 Å². The van der Waals surface area contributed by atoms with E-state index in [1.54, 1.807) is 11.8 Å². The highest BCUT2D eigenvalue weighted by Gasteiger charge is 2.26. The van der Waals surface area contributed by atoms with Crippen LogP contribution < -0.4 is 20.8 Å². The van der Waals surface area contributed by atoms with Crippen LogP contribution in [-0.4, -0.2) is 80.1 Å². The van der Waals surface area contributed by atoms with Gasteiger partial charge in [0, 0.05) is 19.5 Å². The Labute approximate surface area is 420 Å². The van der Waals surface area contributed by atoms with E-state index in [1.807, 2.05) is 6.26 Å². The lowest BCUT2D eigenvalue weighted by Crippen LogP contribution is -2.52. The summed E-state index contributed by atoms with van der Waals surface area (Å²) in [5.74, 6) is -0.206. The molecule has 0 bridgehead atoms. The largest absolute Gasteiger partial charge is 0.465 e. The normalized spacial score (nSPS) is 13.1. The van der Waals surface area contributed by atoms with Crippen molar-refractivity contribution in [3.8, 4) is 0 Å². The second kappa shape index (κ2) is 49.0. The summed E-state index contributed by atoms with van der Waals surface area (Å²) >= 11 is 7.51. The van der Waals surface area contributed by atoms with E-state index >= 15 is 0 Å². The Morgan fingerprint density at radius 2 is 0.836 bits per heavy atom. The zero-order valence-corrected chi connectivity index (χ0v) is 45.3. The fraction of sp³-hybridized carbons (Fsp3) is 0.907. The SMILES string of the molecule is CCCCCCCCC(CCCCCC)C(=O)OCCCCCCNC(=O)CC[C@H](NC(=O)[C@H](CCSC)NCl)C(=O)NCCCCCCOC(=O)C(CCCCCC)CCCCCCCC. The summed E-state index contributed by atoms with van der Waals surface area (Å²) in [6, 6.07) is -1.54. The fourth-order valence-corrected chi connectivity index (χ4v) is 9.10. The van der Waals surface area contributed by atoms with Crippen LogP contribution in [0.4, 0.5) is 0 Å². The zero-order valence-electron chi connectivity index (χ0n) is 43.7. The first-order valence-corrected chi connectivity index (χ1v) is 29.5. The Balaban J connectivity index is 4.74. The zero-order chi connectivity index (χ0) is 49.4. The van der Waals surface area contributed by atoms with Crippen molar-refractivity contribution in [1.29, 1.82) is 0 Å². The predicted octanol–water partition coefficient (Wildman–Crippen LogP) is 13.2. The van der Waals surface area contributed by atoms with Crippen molar-refractivity contribution in [2.24, 2.45) is 11.8 Å². The number of halogens is 1. The molecule has 0 aromatic rings. The molecule has 0 aliphatic carbocycles. The molecule has 0 aromatic heterocycles. The average Bonchev–Trinajstić information content (AvgIpc) is 3.32. The summed E-state index contributed by atoms with van der Waals surface area (Å²) in [6.45, 7) is 10.7. The van der Waals surface area contributed by atoms with Crippen LogP contribution in [0.1, 0.15) is 252 Å². The first kappa shape index (κ1) is 65.0. The third-order valence-corrected chi connectivity index (χ3v) is 13.8. The van der Waals surface area contributed by atoms with Gasteiger partial charge in [0.15, 0.2) is 0 Å². The quantitative estimate of drug-likeness (QED) is 0.0265. The number of unbranched alkanes of at least 4 members (excludes halogenated alkanes) is 22. The van der Waals surface area contributed by atoms with Gasteiger partial charge >= 0.3 is 11.9 Å². The Hall–Kier alpha value is -2.05. The molecule has 0 fully saturated rings. The van der Waals surface area contributed by atoms with E-state index in [-0.39, 0.29) is 54.3 Å². The lowest BCUT2D eigenvalue weighted by atomic mass is 9.94. The van der Waals surface area contributed by atoms with Gasteiger partial charge in [-0.1, -0.05) is 169 Å². The molecule has 0 saturated heterocycles. The maximum absolute atomic E-state index is 13.4. The van der Waals surface area contributed by atoms with E-state index < -0.39 is 12.1 Å². The maximum atomic E-state index is 13.4. The minimum Gasteiger partial charge on any atom is -0.465 e. The number of ether oxygens (including phenoxy) is 2.